The summed E-state index contributed by atoms with van der Waals surface area (Å²) in [5.74, 6) is 0.625. The van der Waals surface area contributed by atoms with Crippen molar-refractivity contribution in [3.63, 3.8) is 0 Å². The van der Waals surface area contributed by atoms with Crippen LogP contribution in [-0.2, 0) is 6.54 Å². The van der Waals surface area contributed by atoms with Crippen LogP contribution >= 0.6 is 11.3 Å². The number of nitrogen functional groups attached to an aromatic ring is 1. The zero-order valence-corrected chi connectivity index (χ0v) is 10.2. The molecule has 17 heavy (non-hydrogen) atoms. The molecule has 0 spiro atoms. The Balaban J connectivity index is 2.10. The number of nitrogens with zero attached hydrogens (tertiary/aromatic N) is 2. The molecule has 0 aliphatic heterocycles. The summed E-state index contributed by atoms with van der Waals surface area (Å²) < 4.78 is 5.22. The number of carbonyl (C=O) groups is 1. The largest absolute Gasteiger partial charge is 0.467 e. The van der Waals surface area contributed by atoms with Gasteiger partial charge in [-0.05, 0) is 19.1 Å². The molecule has 0 aliphatic carbocycles. The van der Waals surface area contributed by atoms with Gasteiger partial charge in [-0.2, -0.15) is 0 Å². The van der Waals surface area contributed by atoms with Crippen molar-refractivity contribution >= 4 is 22.4 Å². The van der Waals surface area contributed by atoms with Crippen molar-refractivity contribution in [2.75, 3.05) is 12.3 Å². The lowest BCUT2D eigenvalue weighted by molar-refractivity contribution is 0.0736. The number of hydrogen-bond acceptors (Lipinski definition) is 5. The van der Waals surface area contributed by atoms with Crippen LogP contribution in [0.2, 0.25) is 0 Å². The number of thiazole rings is 1. The molecular weight excluding hydrogens is 238 g/mol. The average Bonchev–Trinajstić information content (AvgIpc) is 2.96. The van der Waals surface area contributed by atoms with Crippen LogP contribution in [0.1, 0.15) is 23.2 Å². The molecule has 0 fully saturated rings. The Morgan fingerprint density at radius 1 is 1.65 bits per heavy atom. The van der Waals surface area contributed by atoms with Gasteiger partial charge in [0.05, 0.1) is 12.8 Å². The summed E-state index contributed by atoms with van der Waals surface area (Å²) in [6.45, 7) is 2.95. The highest BCUT2D eigenvalue weighted by Crippen LogP contribution is 2.14. The highest BCUT2D eigenvalue weighted by molar-refractivity contribution is 7.13. The first-order valence-electron chi connectivity index (χ1n) is 5.23. The summed E-state index contributed by atoms with van der Waals surface area (Å²) in [4.78, 5) is 17.7. The lowest BCUT2D eigenvalue weighted by Crippen LogP contribution is -2.30. The lowest BCUT2D eigenvalue weighted by atomic mass is 10.3. The molecule has 2 N–H and O–H groups in total. The quantitative estimate of drug-likeness (QED) is 0.901. The molecule has 1 amide bonds. The molecule has 5 nitrogen and oxygen atoms in total. The Morgan fingerprint density at radius 2 is 2.47 bits per heavy atom. The van der Waals surface area contributed by atoms with Crippen molar-refractivity contribution in [3.05, 3.63) is 35.2 Å². The number of anilines is 1. The molecule has 2 rings (SSSR count). The molecule has 2 aromatic heterocycles. The minimum absolute atomic E-state index is 0.128. The average molecular weight is 251 g/mol. The highest BCUT2D eigenvalue weighted by atomic mass is 32.1. The summed E-state index contributed by atoms with van der Waals surface area (Å²) in [5.41, 5.74) is 5.90. The van der Waals surface area contributed by atoms with E-state index < -0.39 is 0 Å². The van der Waals surface area contributed by atoms with E-state index in [1.807, 2.05) is 13.0 Å². The fourth-order valence-corrected chi connectivity index (χ4v) is 2.00. The van der Waals surface area contributed by atoms with Crippen molar-refractivity contribution in [2.45, 2.75) is 13.5 Å². The van der Waals surface area contributed by atoms with Gasteiger partial charge in [0.15, 0.2) is 5.13 Å². The minimum atomic E-state index is -0.128. The van der Waals surface area contributed by atoms with E-state index in [0.29, 0.717) is 23.9 Å². The zero-order chi connectivity index (χ0) is 12.3. The Morgan fingerprint density at radius 3 is 3.00 bits per heavy atom. The Bertz CT molecular complexity index is 493. The van der Waals surface area contributed by atoms with Crippen LogP contribution in [0.25, 0.3) is 0 Å². The molecule has 0 radical (unpaired) electrons. The lowest BCUT2D eigenvalue weighted by Gasteiger charge is -2.18. The van der Waals surface area contributed by atoms with Crippen LogP contribution < -0.4 is 5.73 Å². The normalized spacial score (nSPS) is 10.4. The molecule has 2 heterocycles. The zero-order valence-electron chi connectivity index (χ0n) is 9.42. The van der Waals surface area contributed by atoms with E-state index in [-0.39, 0.29) is 5.91 Å². The van der Waals surface area contributed by atoms with Gasteiger partial charge in [0.1, 0.15) is 11.5 Å². The molecule has 90 valence electrons. The molecule has 2 aromatic rings. The van der Waals surface area contributed by atoms with Crippen LogP contribution in [0.5, 0.6) is 0 Å². The smallest absolute Gasteiger partial charge is 0.273 e. The Kier molecular flexibility index (Phi) is 3.43. The fraction of sp³-hybridized carbons (Fsp3) is 0.273. The van der Waals surface area contributed by atoms with Gasteiger partial charge in [-0.3, -0.25) is 4.79 Å². The monoisotopic (exact) mass is 251 g/mol. The first-order chi connectivity index (χ1) is 8.20. The van der Waals surface area contributed by atoms with Crippen LogP contribution in [0.3, 0.4) is 0 Å². The van der Waals surface area contributed by atoms with Gasteiger partial charge in [-0.25, -0.2) is 4.98 Å². The van der Waals surface area contributed by atoms with E-state index in [2.05, 4.69) is 4.98 Å². The van der Waals surface area contributed by atoms with Crippen molar-refractivity contribution in [3.8, 4) is 0 Å². The van der Waals surface area contributed by atoms with E-state index in [0.717, 1.165) is 5.76 Å². The third-order valence-electron chi connectivity index (χ3n) is 2.34. The molecule has 0 bridgehead atoms. The second kappa shape index (κ2) is 5.01. The second-order valence-corrected chi connectivity index (χ2v) is 4.36. The molecule has 0 aliphatic rings. The van der Waals surface area contributed by atoms with Crippen LogP contribution in [0.4, 0.5) is 5.13 Å². The number of nitrogens with two attached hydrogens (primary N) is 1. The van der Waals surface area contributed by atoms with E-state index in [4.69, 9.17) is 10.2 Å². The van der Waals surface area contributed by atoms with Crippen molar-refractivity contribution in [1.29, 1.82) is 0 Å². The molecule has 0 saturated heterocycles. The highest BCUT2D eigenvalue weighted by Gasteiger charge is 2.18. The van der Waals surface area contributed by atoms with E-state index >= 15 is 0 Å². The van der Waals surface area contributed by atoms with Gasteiger partial charge in [-0.15, -0.1) is 11.3 Å². The van der Waals surface area contributed by atoms with E-state index in [9.17, 15) is 4.79 Å². The number of aromatic nitrogens is 1. The minimum Gasteiger partial charge on any atom is -0.467 e. The predicted molar refractivity (Wildman–Crippen MR) is 65.6 cm³/mol. The van der Waals surface area contributed by atoms with Gasteiger partial charge in [0.2, 0.25) is 0 Å². The Labute approximate surface area is 103 Å². The van der Waals surface area contributed by atoms with Crippen molar-refractivity contribution in [2.24, 2.45) is 0 Å². The standard InChI is InChI=1S/C11H13N3O2S/c1-2-14(6-8-4-3-5-16-8)10(15)9-7-17-11(12)13-9/h3-5,7H,2,6H2,1H3,(H2,12,13). The Hall–Kier alpha value is -1.82. The second-order valence-electron chi connectivity index (χ2n) is 3.47. The molecule has 6 heteroatoms. The molecule has 0 saturated carbocycles. The summed E-state index contributed by atoms with van der Waals surface area (Å²) in [7, 11) is 0. The topological polar surface area (TPSA) is 72.4 Å². The van der Waals surface area contributed by atoms with Crippen molar-refractivity contribution in [1.82, 2.24) is 9.88 Å². The van der Waals surface area contributed by atoms with Crippen LogP contribution in [-0.4, -0.2) is 22.3 Å². The first kappa shape index (κ1) is 11.7. The number of amides is 1. The number of furan rings is 1. The number of carbonyl (C=O) groups excluding carboxylic acids is 1. The SMILES string of the molecule is CCN(Cc1ccco1)C(=O)c1csc(N)n1. The third-order valence-corrected chi connectivity index (χ3v) is 3.01. The number of rotatable bonds is 4. The fourth-order valence-electron chi connectivity index (χ4n) is 1.47. The molecule has 0 unspecified atom stereocenters. The van der Waals surface area contributed by atoms with Crippen LogP contribution in [0.15, 0.2) is 28.2 Å². The predicted octanol–water partition coefficient (Wildman–Crippen LogP) is 1.98. The van der Waals surface area contributed by atoms with E-state index in [1.54, 1.807) is 22.6 Å². The summed E-state index contributed by atoms with van der Waals surface area (Å²) in [6.07, 6.45) is 1.59. The third kappa shape index (κ3) is 2.65. The molecule has 0 aromatic carbocycles. The van der Waals surface area contributed by atoms with Crippen LogP contribution in [0, 0.1) is 0 Å². The maximum atomic E-state index is 12.1. The summed E-state index contributed by atoms with van der Waals surface area (Å²) >= 11 is 1.26. The van der Waals surface area contributed by atoms with Gasteiger partial charge in [-0.1, -0.05) is 0 Å². The van der Waals surface area contributed by atoms with Gasteiger partial charge in [0.25, 0.3) is 5.91 Å². The summed E-state index contributed by atoms with van der Waals surface area (Å²) in [5, 5.41) is 2.07. The van der Waals surface area contributed by atoms with Gasteiger partial charge < -0.3 is 15.1 Å². The van der Waals surface area contributed by atoms with Crippen molar-refractivity contribution < 1.29 is 9.21 Å². The van der Waals surface area contributed by atoms with Gasteiger partial charge in [0, 0.05) is 11.9 Å². The maximum absolute atomic E-state index is 12.1. The molecule has 0 atom stereocenters. The maximum Gasteiger partial charge on any atom is 0.273 e. The van der Waals surface area contributed by atoms with E-state index in [1.165, 1.54) is 11.3 Å². The molecular formula is C11H13N3O2S. The first-order valence-corrected chi connectivity index (χ1v) is 6.11. The van der Waals surface area contributed by atoms with Gasteiger partial charge >= 0.3 is 0 Å². The number of hydrogen-bond donors (Lipinski definition) is 1. The summed E-state index contributed by atoms with van der Waals surface area (Å²) in [6, 6.07) is 3.64.